The number of rotatable bonds is 5. The summed E-state index contributed by atoms with van der Waals surface area (Å²) in [6, 6.07) is 7.31. The molecule has 6 heteroatoms. The highest BCUT2D eigenvalue weighted by Crippen LogP contribution is 2.24. The van der Waals surface area contributed by atoms with Crippen molar-refractivity contribution in [1.29, 1.82) is 0 Å². The molecule has 1 fully saturated rings. The van der Waals surface area contributed by atoms with Crippen molar-refractivity contribution in [2.75, 3.05) is 13.7 Å². The number of hydrogen-bond donors (Lipinski definition) is 1. The van der Waals surface area contributed by atoms with E-state index in [4.69, 9.17) is 9.47 Å². The molecule has 1 aromatic carbocycles. The zero-order valence-corrected chi connectivity index (χ0v) is 13.4. The monoisotopic (exact) mass is 315 g/mol. The van der Waals surface area contributed by atoms with Crippen molar-refractivity contribution in [2.24, 2.45) is 7.05 Å². The van der Waals surface area contributed by atoms with Crippen LogP contribution >= 0.6 is 0 Å². The summed E-state index contributed by atoms with van der Waals surface area (Å²) in [4.78, 5) is 16.9. The first-order valence-electron chi connectivity index (χ1n) is 7.72. The van der Waals surface area contributed by atoms with Gasteiger partial charge in [0.25, 0.3) is 0 Å². The van der Waals surface area contributed by atoms with Crippen LogP contribution in [-0.2, 0) is 16.6 Å². The Morgan fingerprint density at radius 2 is 2.22 bits per heavy atom. The Hall–Kier alpha value is -2.34. The molecule has 1 amide bonds. The molecule has 1 aliphatic rings. The lowest BCUT2D eigenvalue weighted by atomic mass is 10.1. The molecular formula is C17H21N3O3. The molecular weight excluding hydrogens is 294 g/mol. The molecule has 2 atom stereocenters. The Labute approximate surface area is 135 Å². The van der Waals surface area contributed by atoms with E-state index >= 15 is 0 Å². The topological polar surface area (TPSA) is 65.4 Å². The van der Waals surface area contributed by atoms with Gasteiger partial charge in [0, 0.05) is 26.0 Å². The molecule has 122 valence electrons. The molecule has 0 aliphatic carbocycles. The van der Waals surface area contributed by atoms with Crippen molar-refractivity contribution in [3.8, 4) is 5.75 Å². The number of aromatic nitrogens is 2. The molecule has 0 radical (unpaired) electrons. The first-order valence-corrected chi connectivity index (χ1v) is 7.72. The summed E-state index contributed by atoms with van der Waals surface area (Å²) in [6.07, 6.45) is 4.92. The molecule has 1 saturated heterocycles. The second kappa shape index (κ2) is 6.83. The van der Waals surface area contributed by atoms with Gasteiger partial charge in [-0.25, -0.2) is 4.98 Å². The average Bonchev–Trinajstić information content (AvgIpc) is 3.24. The Bertz CT molecular complexity index is 660. The highest BCUT2D eigenvalue weighted by atomic mass is 16.5. The van der Waals surface area contributed by atoms with Crippen molar-refractivity contribution in [1.82, 2.24) is 14.9 Å². The maximum Gasteiger partial charge on any atom is 0.249 e. The standard InChI is InChI=1S/C17H21N3O3/c1-20-10-9-18-16(20)15(12-5-7-13(22-2)8-6-12)19-17(21)14-4-3-11-23-14/h5-10,14-15H,3-4,11H2,1-2H3,(H,19,21). The molecule has 1 aliphatic heterocycles. The fourth-order valence-corrected chi connectivity index (χ4v) is 2.77. The Morgan fingerprint density at radius 3 is 2.78 bits per heavy atom. The average molecular weight is 315 g/mol. The SMILES string of the molecule is COc1ccc(C(NC(=O)C2CCCO2)c2nccn2C)cc1. The van der Waals surface area contributed by atoms with Crippen LogP contribution in [0.25, 0.3) is 0 Å². The van der Waals surface area contributed by atoms with E-state index in [1.807, 2.05) is 42.1 Å². The number of hydrogen-bond acceptors (Lipinski definition) is 4. The van der Waals surface area contributed by atoms with E-state index in [0.29, 0.717) is 6.61 Å². The van der Waals surface area contributed by atoms with Gasteiger partial charge in [0.2, 0.25) is 5.91 Å². The minimum atomic E-state index is -0.365. The highest BCUT2D eigenvalue weighted by Gasteiger charge is 2.28. The summed E-state index contributed by atoms with van der Waals surface area (Å²) in [7, 11) is 3.54. The van der Waals surface area contributed by atoms with Gasteiger partial charge in [-0.3, -0.25) is 4.79 Å². The van der Waals surface area contributed by atoms with Crippen molar-refractivity contribution < 1.29 is 14.3 Å². The van der Waals surface area contributed by atoms with Gasteiger partial charge in [0.05, 0.1) is 7.11 Å². The molecule has 2 unspecified atom stereocenters. The zero-order chi connectivity index (χ0) is 16.2. The fourth-order valence-electron chi connectivity index (χ4n) is 2.77. The first-order chi connectivity index (χ1) is 11.2. The molecule has 1 N–H and O–H groups in total. The number of benzene rings is 1. The van der Waals surface area contributed by atoms with Crippen LogP contribution < -0.4 is 10.1 Å². The molecule has 0 saturated carbocycles. The lowest BCUT2D eigenvalue weighted by Crippen LogP contribution is -2.38. The first kappa shape index (κ1) is 15.6. The van der Waals surface area contributed by atoms with Gasteiger partial charge in [-0.1, -0.05) is 12.1 Å². The normalized spacial score (nSPS) is 18.6. The second-order valence-electron chi connectivity index (χ2n) is 5.61. The van der Waals surface area contributed by atoms with Crippen molar-refractivity contribution >= 4 is 5.91 Å². The number of carbonyl (C=O) groups excluding carboxylic acids is 1. The summed E-state index contributed by atoms with van der Waals surface area (Å²) in [5, 5.41) is 3.07. The van der Waals surface area contributed by atoms with E-state index in [9.17, 15) is 4.79 Å². The third kappa shape index (κ3) is 3.37. The molecule has 1 aromatic heterocycles. The van der Waals surface area contributed by atoms with Crippen LogP contribution in [0, 0.1) is 0 Å². The predicted molar refractivity (Wildman–Crippen MR) is 85.2 cm³/mol. The zero-order valence-electron chi connectivity index (χ0n) is 13.4. The number of nitrogens with zero attached hydrogens (tertiary/aromatic N) is 2. The second-order valence-corrected chi connectivity index (χ2v) is 5.61. The number of amides is 1. The third-order valence-electron chi connectivity index (χ3n) is 4.07. The summed E-state index contributed by atoms with van der Waals surface area (Å²) in [6.45, 7) is 0.647. The summed E-state index contributed by atoms with van der Waals surface area (Å²) in [5.74, 6) is 1.46. The van der Waals surface area contributed by atoms with Gasteiger partial charge in [0.15, 0.2) is 0 Å². The van der Waals surface area contributed by atoms with Crippen LogP contribution in [-0.4, -0.2) is 35.3 Å². The summed E-state index contributed by atoms with van der Waals surface area (Å²) < 4.78 is 12.6. The predicted octanol–water partition coefficient (Wildman–Crippen LogP) is 1.81. The Morgan fingerprint density at radius 1 is 1.43 bits per heavy atom. The van der Waals surface area contributed by atoms with Gasteiger partial charge < -0.3 is 19.4 Å². The van der Waals surface area contributed by atoms with Crippen LogP contribution in [0.3, 0.4) is 0 Å². The van der Waals surface area contributed by atoms with Crippen LogP contribution in [0.2, 0.25) is 0 Å². The van der Waals surface area contributed by atoms with Crippen molar-refractivity contribution in [2.45, 2.75) is 25.0 Å². The van der Waals surface area contributed by atoms with Crippen LogP contribution in [0.15, 0.2) is 36.7 Å². The quantitative estimate of drug-likeness (QED) is 0.914. The van der Waals surface area contributed by atoms with Crippen molar-refractivity contribution in [3.63, 3.8) is 0 Å². The molecule has 23 heavy (non-hydrogen) atoms. The number of aryl methyl sites for hydroxylation is 1. The van der Waals surface area contributed by atoms with Gasteiger partial charge in [-0.2, -0.15) is 0 Å². The number of nitrogens with one attached hydrogen (secondary N) is 1. The largest absolute Gasteiger partial charge is 0.497 e. The number of carbonyl (C=O) groups is 1. The number of imidazole rings is 1. The lowest BCUT2D eigenvalue weighted by Gasteiger charge is -2.21. The van der Waals surface area contributed by atoms with E-state index in [1.54, 1.807) is 13.3 Å². The van der Waals surface area contributed by atoms with Gasteiger partial charge in [-0.15, -0.1) is 0 Å². The van der Waals surface area contributed by atoms with E-state index in [0.717, 1.165) is 30.0 Å². The molecule has 2 heterocycles. The number of methoxy groups -OCH3 is 1. The number of ether oxygens (including phenoxy) is 2. The Kier molecular flexibility index (Phi) is 4.62. The minimum Gasteiger partial charge on any atom is -0.497 e. The maximum absolute atomic E-state index is 12.5. The Balaban J connectivity index is 1.86. The van der Waals surface area contributed by atoms with Gasteiger partial charge in [0.1, 0.15) is 23.7 Å². The highest BCUT2D eigenvalue weighted by molar-refractivity contribution is 5.81. The van der Waals surface area contributed by atoms with Gasteiger partial charge >= 0.3 is 0 Å². The van der Waals surface area contributed by atoms with E-state index < -0.39 is 0 Å². The van der Waals surface area contributed by atoms with Crippen LogP contribution in [0.1, 0.15) is 30.3 Å². The molecule has 6 nitrogen and oxygen atoms in total. The maximum atomic E-state index is 12.5. The summed E-state index contributed by atoms with van der Waals surface area (Å²) >= 11 is 0. The van der Waals surface area contributed by atoms with E-state index in [-0.39, 0.29) is 18.1 Å². The molecule has 0 spiro atoms. The van der Waals surface area contributed by atoms with E-state index in [1.165, 1.54) is 0 Å². The fraction of sp³-hybridized carbons (Fsp3) is 0.412. The van der Waals surface area contributed by atoms with Crippen molar-refractivity contribution in [3.05, 3.63) is 48.0 Å². The molecule has 2 aromatic rings. The lowest BCUT2D eigenvalue weighted by molar-refractivity contribution is -0.130. The third-order valence-corrected chi connectivity index (χ3v) is 4.07. The summed E-state index contributed by atoms with van der Waals surface area (Å²) in [5.41, 5.74) is 0.950. The van der Waals surface area contributed by atoms with Crippen LogP contribution in [0.4, 0.5) is 0 Å². The molecule has 0 bridgehead atoms. The van der Waals surface area contributed by atoms with Crippen LogP contribution in [0.5, 0.6) is 5.75 Å². The smallest absolute Gasteiger partial charge is 0.249 e. The minimum absolute atomic E-state index is 0.0914. The van der Waals surface area contributed by atoms with E-state index in [2.05, 4.69) is 10.3 Å². The molecule has 3 rings (SSSR count). The van der Waals surface area contributed by atoms with Gasteiger partial charge in [-0.05, 0) is 30.5 Å².